The Balaban J connectivity index is 3.01. The normalized spacial score (nSPS) is 38.0. The number of hydrogen-bond acceptors (Lipinski definition) is 2. The molecule has 0 aromatic carbocycles. The zero-order valence-electron chi connectivity index (χ0n) is 5.26. The summed E-state index contributed by atoms with van der Waals surface area (Å²) in [5, 5.41) is 16.9. The summed E-state index contributed by atoms with van der Waals surface area (Å²) < 4.78 is 37.0. The lowest BCUT2D eigenvalue weighted by molar-refractivity contribution is -0.102. The molecular formula is C6H5F3O2. The van der Waals surface area contributed by atoms with E-state index in [0.717, 1.165) is 0 Å². The molecule has 2 N–H and O–H groups in total. The second kappa shape index (κ2) is 2.27. The molecule has 0 amide bonds. The molecule has 11 heavy (non-hydrogen) atoms. The summed E-state index contributed by atoms with van der Waals surface area (Å²) in [5.41, 5.74) is 0. The Labute approximate surface area is 60.3 Å². The van der Waals surface area contributed by atoms with Crippen LogP contribution in [0.1, 0.15) is 0 Å². The number of halogens is 3. The van der Waals surface area contributed by atoms with Gasteiger partial charge in [-0.1, -0.05) is 0 Å². The second-order valence-corrected chi connectivity index (χ2v) is 2.19. The Hall–Kier alpha value is -0.970. The minimum Gasteiger partial charge on any atom is -0.509 e. The van der Waals surface area contributed by atoms with Gasteiger partial charge in [-0.25, -0.2) is 13.2 Å². The first-order chi connectivity index (χ1) is 4.93. The lowest BCUT2D eigenvalue weighted by atomic mass is 10.1. The number of allylic oxidation sites excluding steroid dienone is 2. The molecule has 0 aromatic heterocycles. The molecule has 1 aliphatic carbocycles. The summed E-state index contributed by atoms with van der Waals surface area (Å²) in [6, 6.07) is 0. The third-order valence-electron chi connectivity index (χ3n) is 1.24. The zero-order chi connectivity index (χ0) is 8.65. The van der Waals surface area contributed by atoms with Gasteiger partial charge in [0.25, 0.3) is 5.85 Å². The van der Waals surface area contributed by atoms with Crippen LogP contribution in [0.4, 0.5) is 13.2 Å². The van der Waals surface area contributed by atoms with Gasteiger partial charge in [-0.15, -0.1) is 0 Å². The Bertz CT molecular complexity index is 232. The van der Waals surface area contributed by atoms with Gasteiger partial charge in [-0.2, -0.15) is 0 Å². The third-order valence-corrected chi connectivity index (χ3v) is 1.24. The van der Waals surface area contributed by atoms with Crippen molar-refractivity contribution < 1.29 is 23.4 Å². The van der Waals surface area contributed by atoms with E-state index in [1.165, 1.54) is 0 Å². The van der Waals surface area contributed by atoms with E-state index in [-0.39, 0.29) is 6.08 Å². The first-order valence-corrected chi connectivity index (χ1v) is 2.78. The van der Waals surface area contributed by atoms with Crippen LogP contribution in [0.25, 0.3) is 0 Å². The molecule has 0 fully saturated rings. The van der Waals surface area contributed by atoms with Crippen molar-refractivity contribution in [2.45, 2.75) is 12.0 Å². The molecule has 2 unspecified atom stereocenters. The van der Waals surface area contributed by atoms with Crippen LogP contribution in [0.3, 0.4) is 0 Å². The van der Waals surface area contributed by atoms with E-state index in [4.69, 9.17) is 10.2 Å². The van der Waals surface area contributed by atoms with Gasteiger partial charge in [0.15, 0.2) is 0 Å². The molecule has 0 saturated heterocycles. The predicted molar refractivity (Wildman–Crippen MR) is 30.9 cm³/mol. The summed E-state index contributed by atoms with van der Waals surface area (Å²) in [6.07, 6.45) is -2.15. The van der Waals surface area contributed by atoms with Gasteiger partial charge < -0.3 is 10.2 Å². The van der Waals surface area contributed by atoms with Gasteiger partial charge in [0.2, 0.25) is 6.17 Å². The Morgan fingerprint density at radius 1 is 1.55 bits per heavy atom. The van der Waals surface area contributed by atoms with Gasteiger partial charge in [0, 0.05) is 12.2 Å². The number of aliphatic hydroxyl groups excluding tert-OH is 1. The molecule has 2 atom stereocenters. The van der Waals surface area contributed by atoms with Crippen molar-refractivity contribution in [2.24, 2.45) is 0 Å². The Morgan fingerprint density at radius 3 is 2.55 bits per heavy atom. The lowest BCUT2D eigenvalue weighted by Gasteiger charge is -2.21. The van der Waals surface area contributed by atoms with Crippen molar-refractivity contribution in [3.05, 3.63) is 23.7 Å². The van der Waals surface area contributed by atoms with Gasteiger partial charge >= 0.3 is 0 Å². The van der Waals surface area contributed by atoms with E-state index < -0.39 is 23.6 Å². The van der Waals surface area contributed by atoms with Crippen LogP contribution in [-0.2, 0) is 0 Å². The maximum absolute atomic E-state index is 12.4. The van der Waals surface area contributed by atoms with Gasteiger partial charge in [0.1, 0.15) is 11.6 Å². The van der Waals surface area contributed by atoms with Crippen LogP contribution in [0.2, 0.25) is 0 Å². The molecule has 2 nitrogen and oxygen atoms in total. The maximum atomic E-state index is 12.4. The van der Waals surface area contributed by atoms with E-state index >= 15 is 0 Å². The average molecular weight is 166 g/mol. The first-order valence-electron chi connectivity index (χ1n) is 2.78. The minimum atomic E-state index is -3.44. The number of hydrogen-bond donors (Lipinski definition) is 2. The summed E-state index contributed by atoms with van der Waals surface area (Å²) in [6.45, 7) is 0. The number of alkyl halides is 2. The van der Waals surface area contributed by atoms with E-state index in [1.54, 1.807) is 0 Å². The monoisotopic (exact) mass is 166 g/mol. The molecule has 0 aliphatic heterocycles. The molecule has 5 heteroatoms. The van der Waals surface area contributed by atoms with Crippen LogP contribution >= 0.6 is 0 Å². The summed E-state index contributed by atoms with van der Waals surface area (Å²) in [7, 11) is 0. The van der Waals surface area contributed by atoms with Crippen molar-refractivity contribution >= 4 is 0 Å². The van der Waals surface area contributed by atoms with Gasteiger partial charge in [0.05, 0.1) is 0 Å². The molecule has 62 valence electrons. The van der Waals surface area contributed by atoms with Gasteiger partial charge in [-0.3, -0.25) is 0 Å². The van der Waals surface area contributed by atoms with E-state index in [0.29, 0.717) is 6.08 Å². The minimum absolute atomic E-state index is 0.0530. The summed E-state index contributed by atoms with van der Waals surface area (Å²) in [4.78, 5) is 0. The highest BCUT2D eigenvalue weighted by Gasteiger charge is 2.41. The van der Waals surface area contributed by atoms with Crippen LogP contribution in [0, 0.1) is 0 Å². The first kappa shape index (κ1) is 8.13. The molecule has 1 rings (SSSR count). The largest absolute Gasteiger partial charge is 0.509 e. The highest BCUT2D eigenvalue weighted by Crippen LogP contribution is 2.29. The Morgan fingerprint density at radius 2 is 2.09 bits per heavy atom. The molecule has 1 aliphatic rings. The quantitative estimate of drug-likeness (QED) is 0.569. The highest BCUT2D eigenvalue weighted by molar-refractivity contribution is 5.27. The molecule has 0 bridgehead atoms. The van der Waals surface area contributed by atoms with E-state index in [9.17, 15) is 13.2 Å². The predicted octanol–water partition coefficient (Wildman–Crippen LogP) is 1.29. The highest BCUT2D eigenvalue weighted by atomic mass is 19.2. The summed E-state index contributed by atoms with van der Waals surface area (Å²) >= 11 is 0. The number of aliphatic hydroxyl groups is 2. The molecule has 0 spiro atoms. The van der Waals surface area contributed by atoms with E-state index in [1.807, 2.05) is 0 Å². The Kier molecular flexibility index (Phi) is 1.67. The molecular weight excluding hydrogens is 161 g/mol. The maximum Gasteiger partial charge on any atom is 0.268 e. The van der Waals surface area contributed by atoms with Crippen molar-refractivity contribution in [3.63, 3.8) is 0 Å². The van der Waals surface area contributed by atoms with E-state index in [2.05, 4.69) is 0 Å². The van der Waals surface area contributed by atoms with Crippen LogP contribution in [0.5, 0.6) is 0 Å². The number of rotatable bonds is 0. The fraction of sp³-hybridized carbons (Fsp3) is 0.333. The van der Waals surface area contributed by atoms with Gasteiger partial charge in [-0.05, 0) is 0 Å². The average Bonchev–Trinajstić information content (AvgIpc) is 1.81. The molecule has 0 saturated carbocycles. The molecule has 0 radical (unpaired) electrons. The fourth-order valence-electron chi connectivity index (χ4n) is 0.730. The van der Waals surface area contributed by atoms with Crippen molar-refractivity contribution in [1.82, 2.24) is 0 Å². The lowest BCUT2D eigenvalue weighted by Crippen LogP contribution is -2.36. The smallest absolute Gasteiger partial charge is 0.268 e. The van der Waals surface area contributed by atoms with Crippen LogP contribution < -0.4 is 0 Å². The second-order valence-electron chi connectivity index (χ2n) is 2.19. The SMILES string of the molecule is OC1=CC(F)=CC(O)(F)C1F. The van der Waals surface area contributed by atoms with Crippen molar-refractivity contribution in [1.29, 1.82) is 0 Å². The molecule has 0 heterocycles. The topological polar surface area (TPSA) is 40.5 Å². The fourth-order valence-corrected chi connectivity index (χ4v) is 0.730. The molecule has 0 aromatic rings. The van der Waals surface area contributed by atoms with Crippen LogP contribution in [0.15, 0.2) is 23.7 Å². The standard InChI is InChI=1S/C6H5F3O2/c7-3-1-4(10)5(8)6(9,11)2-3/h1-2,5,10-11H. The van der Waals surface area contributed by atoms with Crippen molar-refractivity contribution in [3.8, 4) is 0 Å². The summed E-state index contributed by atoms with van der Waals surface area (Å²) in [5.74, 6) is -5.81. The third kappa shape index (κ3) is 1.37. The zero-order valence-corrected chi connectivity index (χ0v) is 5.26. The van der Waals surface area contributed by atoms with Crippen LogP contribution in [-0.4, -0.2) is 22.2 Å². The van der Waals surface area contributed by atoms with Crippen molar-refractivity contribution in [2.75, 3.05) is 0 Å².